The van der Waals surface area contributed by atoms with Gasteiger partial charge in [-0.25, -0.2) is 0 Å². The summed E-state index contributed by atoms with van der Waals surface area (Å²) in [6.45, 7) is 3.91. The standard InChI is InChI=1S/C18H20N2O3S/c1-10-6-7-12(8-11(10)2)23-9-15(21)20-18-16(17(19)22)13-4-3-5-14(13)24-18/h6-8H,3-5,9H2,1-2H3,(H2,19,22)(H,20,21). The van der Waals surface area contributed by atoms with Gasteiger partial charge in [0.15, 0.2) is 6.61 Å². The number of carbonyl (C=O) groups is 2. The summed E-state index contributed by atoms with van der Waals surface area (Å²) in [6.07, 6.45) is 2.82. The van der Waals surface area contributed by atoms with E-state index in [9.17, 15) is 9.59 Å². The van der Waals surface area contributed by atoms with Crippen LogP contribution in [0.3, 0.4) is 0 Å². The summed E-state index contributed by atoms with van der Waals surface area (Å²) in [6, 6.07) is 5.69. The number of rotatable bonds is 5. The number of hydrogen-bond acceptors (Lipinski definition) is 4. The Balaban J connectivity index is 1.67. The minimum atomic E-state index is -0.486. The first kappa shape index (κ1) is 16.5. The number of benzene rings is 1. The Labute approximate surface area is 144 Å². The molecular weight excluding hydrogens is 324 g/mol. The van der Waals surface area contributed by atoms with E-state index in [1.165, 1.54) is 16.9 Å². The molecule has 3 rings (SSSR count). The van der Waals surface area contributed by atoms with E-state index in [0.717, 1.165) is 35.3 Å². The molecule has 0 aliphatic heterocycles. The van der Waals surface area contributed by atoms with Crippen molar-refractivity contribution >= 4 is 28.2 Å². The molecule has 0 radical (unpaired) electrons. The maximum Gasteiger partial charge on any atom is 0.262 e. The maximum atomic E-state index is 12.2. The second-order valence-corrected chi connectivity index (χ2v) is 7.11. The SMILES string of the molecule is Cc1ccc(OCC(=O)Nc2sc3c(c2C(N)=O)CCC3)cc1C. The van der Waals surface area contributed by atoms with Gasteiger partial charge in [-0.2, -0.15) is 0 Å². The molecule has 3 N–H and O–H groups in total. The third-order valence-electron chi connectivity index (χ3n) is 4.27. The summed E-state index contributed by atoms with van der Waals surface area (Å²) in [4.78, 5) is 25.0. The molecule has 1 aromatic heterocycles. The largest absolute Gasteiger partial charge is 0.484 e. The summed E-state index contributed by atoms with van der Waals surface area (Å²) in [5.74, 6) is -0.132. The lowest BCUT2D eigenvalue weighted by molar-refractivity contribution is -0.118. The van der Waals surface area contributed by atoms with Crippen molar-refractivity contribution in [2.24, 2.45) is 5.73 Å². The predicted molar refractivity (Wildman–Crippen MR) is 94.9 cm³/mol. The van der Waals surface area contributed by atoms with Crippen LogP contribution in [0.4, 0.5) is 5.00 Å². The molecule has 5 nitrogen and oxygen atoms in total. The highest BCUT2D eigenvalue weighted by Gasteiger charge is 2.26. The Kier molecular flexibility index (Phi) is 4.57. The molecule has 0 bridgehead atoms. The van der Waals surface area contributed by atoms with E-state index in [1.807, 2.05) is 32.0 Å². The lowest BCUT2D eigenvalue weighted by atomic mass is 10.1. The minimum absolute atomic E-state index is 0.108. The normalized spacial score (nSPS) is 12.8. The molecule has 2 amide bonds. The predicted octanol–water partition coefficient (Wildman–Crippen LogP) is 2.97. The smallest absolute Gasteiger partial charge is 0.262 e. The number of carbonyl (C=O) groups excluding carboxylic acids is 2. The van der Waals surface area contributed by atoms with E-state index in [2.05, 4.69) is 5.32 Å². The van der Waals surface area contributed by atoms with Gasteiger partial charge in [0.2, 0.25) is 0 Å². The fourth-order valence-electron chi connectivity index (χ4n) is 2.87. The van der Waals surface area contributed by atoms with Crippen LogP contribution in [0.2, 0.25) is 0 Å². The molecule has 1 aliphatic rings. The highest BCUT2D eigenvalue weighted by atomic mass is 32.1. The van der Waals surface area contributed by atoms with Crippen molar-refractivity contribution in [1.29, 1.82) is 0 Å². The number of primary amides is 1. The highest BCUT2D eigenvalue weighted by molar-refractivity contribution is 7.17. The Morgan fingerprint density at radius 3 is 2.75 bits per heavy atom. The average molecular weight is 344 g/mol. The summed E-state index contributed by atoms with van der Waals surface area (Å²) in [7, 11) is 0. The molecule has 0 saturated heterocycles. The van der Waals surface area contributed by atoms with Gasteiger partial charge in [0.05, 0.1) is 5.56 Å². The van der Waals surface area contributed by atoms with Crippen LogP contribution in [0.1, 0.15) is 38.3 Å². The van der Waals surface area contributed by atoms with Gasteiger partial charge in [-0.15, -0.1) is 11.3 Å². The number of anilines is 1. The average Bonchev–Trinajstić information content (AvgIpc) is 3.08. The number of fused-ring (bicyclic) bond motifs is 1. The van der Waals surface area contributed by atoms with E-state index < -0.39 is 5.91 Å². The first-order chi connectivity index (χ1) is 11.5. The molecule has 126 valence electrons. The zero-order valence-corrected chi connectivity index (χ0v) is 14.6. The van der Waals surface area contributed by atoms with E-state index >= 15 is 0 Å². The number of nitrogens with one attached hydrogen (secondary N) is 1. The Hall–Kier alpha value is -2.34. The summed E-state index contributed by atoms with van der Waals surface area (Å²) < 4.78 is 5.53. The van der Waals surface area contributed by atoms with Gasteiger partial charge >= 0.3 is 0 Å². The first-order valence-corrected chi connectivity index (χ1v) is 8.71. The van der Waals surface area contributed by atoms with Gasteiger partial charge in [-0.05, 0) is 61.9 Å². The molecule has 1 aliphatic carbocycles. The zero-order chi connectivity index (χ0) is 17.3. The van der Waals surface area contributed by atoms with E-state index in [-0.39, 0.29) is 12.5 Å². The second-order valence-electron chi connectivity index (χ2n) is 6.01. The van der Waals surface area contributed by atoms with E-state index in [1.54, 1.807) is 0 Å². The molecule has 0 unspecified atom stereocenters. The van der Waals surface area contributed by atoms with Crippen molar-refractivity contribution in [2.75, 3.05) is 11.9 Å². The number of hydrogen-bond donors (Lipinski definition) is 2. The minimum Gasteiger partial charge on any atom is -0.484 e. The van der Waals surface area contributed by atoms with Crippen molar-refractivity contribution in [3.8, 4) is 5.75 Å². The number of thiophene rings is 1. The van der Waals surface area contributed by atoms with Crippen molar-refractivity contribution in [3.05, 3.63) is 45.3 Å². The van der Waals surface area contributed by atoms with Crippen LogP contribution >= 0.6 is 11.3 Å². The van der Waals surface area contributed by atoms with Crippen LogP contribution in [0, 0.1) is 13.8 Å². The quantitative estimate of drug-likeness (QED) is 0.875. The van der Waals surface area contributed by atoms with Crippen LogP contribution in [0.5, 0.6) is 5.75 Å². The number of nitrogens with two attached hydrogens (primary N) is 1. The molecule has 1 heterocycles. The summed E-state index contributed by atoms with van der Waals surface area (Å²) in [5.41, 5.74) is 9.23. The van der Waals surface area contributed by atoms with Gasteiger partial charge in [-0.3, -0.25) is 9.59 Å². The second kappa shape index (κ2) is 6.65. The van der Waals surface area contributed by atoms with Crippen LogP contribution in [0.15, 0.2) is 18.2 Å². The molecular formula is C18H20N2O3S. The lowest BCUT2D eigenvalue weighted by Crippen LogP contribution is -2.22. The number of aryl methyl sites for hydroxylation is 3. The summed E-state index contributed by atoms with van der Waals surface area (Å²) >= 11 is 1.44. The van der Waals surface area contributed by atoms with Crippen molar-refractivity contribution in [1.82, 2.24) is 0 Å². The zero-order valence-electron chi connectivity index (χ0n) is 13.8. The highest BCUT2D eigenvalue weighted by Crippen LogP contribution is 2.38. The van der Waals surface area contributed by atoms with Crippen LogP contribution in [-0.4, -0.2) is 18.4 Å². The van der Waals surface area contributed by atoms with Gasteiger partial charge < -0.3 is 15.8 Å². The molecule has 0 atom stereocenters. The van der Waals surface area contributed by atoms with E-state index in [0.29, 0.717) is 16.3 Å². The topological polar surface area (TPSA) is 81.4 Å². The van der Waals surface area contributed by atoms with Crippen LogP contribution in [0.25, 0.3) is 0 Å². The molecule has 2 aromatic rings. The third kappa shape index (κ3) is 3.28. The Bertz CT molecular complexity index is 811. The molecule has 24 heavy (non-hydrogen) atoms. The lowest BCUT2D eigenvalue weighted by Gasteiger charge is -2.09. The molecule has 0 saturated carbocycles. The third-order valence-corrected chi connectivity index (χ3v) is 5.48. The van der Waals surface area contributed by atoms with Crippen molar-refractivity contribution < 1.29 is 14.3 Å². The van der Waals surface area contributed by atoms with Gasteiger partial charge in [0, 0.05) is 4.88 Å². The van der Waals surface area contributed by atoms with Crippen molar-refractivity contribution in [3.63, 3.8) is 0 Å². The molecule has 0 spiro atoms. The fraction of sp³-hybridized carbons (Fsp3) is 0.333. The van der Waals surface area contributed by atoms with Gasteiger partial charge in [0.25, 0.3) is 11.8 Å². The van der Waals surface area contributed by atoms with Crippen molar-refractivity contribution in [2.45, 2.75) is 33.1 Å². The van der Waals surface area contributed by atoms with Gasteiger partial charge in [-0.1, -0.05) is 6.07 Å². The monoisotopic (exact) mass is 344 g/mol. The maximum absolute atomic E-state index is 12.2. The van der Waals surface area contributed by atoms with Crippen LogP contribution < -0.4 is 15.8 Å². The molecule has 1 aromatic carbocycles. The van der Waals surface area contributed by atoms with Gasteiger partial charge in [0.1, 0.15) is 10.8 Å². The Morgan fingerprint density at radius 2 is 2.04 bits per heavy atom. The first-order valence-electron chi connectivity index (χ1n) is 7.90. The number of ether oxygens (including phenoxy) is 1. The van der Waals surface area contributed by atoms with E-state index in [4.69, 9.17) is 10.5 Å². The van der Waals surface area contributed by atoms with Crippen LogP contribution in [-0.2, 0) is 17.6 Å². The molecule has 6 heteroatoms. The fourth-order valence-corrected chi connectivity index (χ4v) is 4.18. The number of amides is 2. The Morgan fingerprint density at radius 1 is 1.25 bits per heavy atom. The molecule has 0 fully saturated rings. The summed E-state index contributed by atoms with van der Waals surface area (Å²) in [5, 5.41) is 3.31.